The molecule has 21 heavy (non-hydrogen) atoms. The van der Waals surface area contributed by atoms with Crippen LogP contribution in [0.3, 0.4) is 0 Å². The van der Waals surface area contributed by atoms with Gasteiger partial charge in [-0.1, -0.05) is 15.9 Å². The number of benzene rings is 2. The third kappa shape index (κ3) is 3.55. The molecule has 0 bridgehead atoms. The number of anilines is 1. The van der Waals surface area contributed by atoms with E-state index in [2.05, 4.69) is 21.2 Å². The van der Waals surface area contributed by atoms with Crippen molar-refractivity contribution in [2.24, 2.45) is 0 Å². The average molecular weight is 350 g/mol. The number of nitrogens with one attached hydrogen (secondary N) is 1. The molecule has 5 nitrogen and oxygen atoms in total. The Morgan fingerprint density at radius 2 is 2.10 bits per heavy atom. The molecule has 0 amide bonds. The molecular weight excluding hydrogens is 341 g/mol. The molecule has 2 aromatic carbocycles. The van der Waals surface area contributed by atoms with Crippen LogP contribution in [-0.2, 0) is 6.54 Å². The van der Waals surface area contributed by atoms with Crippen LogP contribution in [0, 0.1) is 27.3 Å². The van der Waals surface area contributed by atoms with Crippen molar-refractivity contribution in [3.63, 3.8) is 0 Å². The van der Waals surface area contributed by atoms with E-state index >= 15 is 0 Å². The zero-order valence-corrected chi connectivity index (χ0v) is 12.2. The summed E-state index contributed by atoms with van der Waals surface area (Å²) in [6.45, 7) is 0.104. The summed E-state index contributed by atoms with van der Waals surface area (Å²) in [7, 11) is 0. The van der Waals surface area contributed by atoms with Gasteiger partial charge >= 0.3 is 0 Å². The number of nitro benzene ring substituents is 1. The minimum absolute atomic E-state index is 0.0501. The second-order valence-corrected chi connectivity index (χ2v) is 5.11. The first-order chi connectivity index (χ1) is 10.0. The molecule has 0 radical (unpaired) electrons. The largest absolute Gasteiger partial charge is 0.378 e. The van der Waals surface area contributed by atoms with Crippen molar-refractivity contribution in [2.45, 2.75) is 6.54 Å². The number of rotatable bonds is 4. The monoisotopic (exact) mass is 349 g/mol. The fourth-order valence-electron chi connectivity index (χ4n) is 1.77. The van der Waals surface area contributed by atoms with Gasteiger partial charge in [0.1, 0.15) is 5.82 Å². The maximum absolute atomic E-state index is 13.7. The third-order valence-electron chi connectivity index (χ3n) is 2.81. The van der Waals surface area contributed by atoms with Gasteiger partial charge in [-0.2, -0.15) is 5.26 Å². The van der Waals surface area contributed by atoms with Crippen LogP contribution in [0.15, 0.2) is 40.9 Å². The van der Waals surface area contributed by atoms with Gasteiger partial charge in [-0.15, -0.1) is 0 Å². The molecule has 0 saturated carbocycles. The van der Waals surface area contributed by atoms with E-state index in [9.17, 15) is 14.5 Å². The summed E-state index contributed by atoms with van der Waals surface area (Å²) < 4.78 is 14.3. The quantitative estimate of drug-likeness (QED) is 0.668. The summed E-state index contributed by atoms with van der Waals surface area (Å²) in [5.74, 6) is -0.575. The molecule has 0 atom stereocenters. The lowest BCUT2D eigenvalue weighted by molar-refractivity contribution is -0.385. The second kappa shape index (κ2) is 6.33. The number of halogens is 2. The normalized spacial score (nSPS) is 9.95. The molecule has 7 heteroatoms. The lowest BCUT2D eigenvalue weighted by atomic mass is 10.1. The highest BCUT2D eigenvalue weighted by atomic mass is 79.9. The number of hydrogen-bond acceptors (Lipinski definition) is 4. The first-order valence-electron chi connectivity index (χ1n) is 5.87. The Bertz CT molecular complexity index is 743. The van der Waals surface area contributed by atoms with E-state index in [1.807, 2.05) is 6.07 Å². The molecule has 0 unspecified atom stereocenters. The van der Waals surface area contributed by atoms with Crippen LogP contribution in [0.2, 0.25) is 0 Å². The van der Waals surface area contributed by atoms with Crippen LogP contribution >= 0.6 is 15.9 Å². The van der Waals surface area contributed by atoms with Crippen LogP contribution in [-0.4, -0.2) is 4.92 Å². The maximum atomic E-state index is 13.7. The highest BCUT2D eigenvalue weighted by Crippen LogP contribution is 2.25. The summed E-state index contributed by atoms with van der Waals surface area (Å²) >= 11 is 3.17. The van der Waals surface area contributed by atoms with E-state index in [0.29, 0.717) is 10.0 Å². The molecule has 0 aromatic heterocycles. The Hall–Kier alpha value is -2.46. The van der Waals surface area contributed by atoms with Gasteiger partial charge in [-0.05, 0) is 30.3 Å². The Morgan fingerprint density at radius 3 is 2.71 bits per heavy atom. The van der Waals surface area contributed by atoms with Crippen LogP contribution in [0.1, 0.15) is 11.1 Å². The standard InChI is InChI=1S/C14H9BrFN3O2/c15-11-3-2-10(14(6-11)19(20)21)8-18-13-4-1-9(7-17)5-12(13)16/h1-6,18H,8H2. The Kier molecular flexibility index (Phi) is 4.50. The lowest BCUT2D eigenvalue weighted by Crippen LogP contribution is -2.04. The molecule has 0 fully saturated rings. The summed E-state index contributed by atoms with van der Waals surface area (Å²) in [4.78, 5) is 10.5. The van der Waals surface area contributed by atoms with Crippen molar-refractivity contribution in [3.8, 4) is 6.07 Å². The van der Waals surface area contributed by atoms with Crippen LogP contribution in [0.4, 0.5) is 15.8 Å². The molecule has 0 aliphatic carbocycles. The number of hydrogen-bond donors (Lipinski definition) is 1. The van der Waals surface area contributed by atoms with E-state index in [1.54, 1.807) is 12.1 Å². The first-order valence-corrected chi connectivity index (χ1v) is 6.67. The van der Waals surface area contributed by atoms with E-state index < -0.39 is 10.7 Å². The summed E-state index contributed by atoms with van der Waals surface area (Å²) in [6.07, 6.45) is 0. The van der Waals surface area contributed by atoms with E-state index in [1.165, 1.54) is 18.2 Å². The van der Waals surface area contributed by atoms with E-state index in [0.717, 1.165) is 6.07 Å². The maximum Gasteiger partial charge on any atom is 0.275 e. The minimum Gasteiger partial charge on any atom is -0.378 e. The topological polar surface area (TPSA) is 79.0 Å². The molecular formula is C14H9BrFN3O2. The highest BCUT2D eigenvalue weighted by molar-refractivity contribution is 9.10. The van der Waals surface area contributed by atoms with Gasteiger partial charge in [0.05, 0.1) is 22.2 Å². The first kappa shape index (κ1) is 14.9. The zero-order chi connectivity index (χ0) is 15.4. The van der Waals surface area contributed by atoms with Gasteiger partial charge < -0.3 is 5.32 Å². The van der Waals surface area contributed by atoms with E-state index in [4.69, 9.17) is 5.26 Å². The van der Waals surface area contributed by atoms with Crippen LogP contribution in [0.5, 0.6) is 0 Å². The Balaban J connectivity index is 2.21. The Morgan fingerprint density at radius 1 is 1.33 bits per heavy atom. The molecule has 0 saturated heterocycles. The van der Waals surface area contributed by atoms with Crippen molar-refractivity contribution in [1.82, 2.24) is 0 Å². The molecule has 0 aliphatic rings. The molecule has 0 heterocycles. The van der Waals surface area contributed by atoms with Crippen LogP contribution < -0.4 is 5.32 Å². The van der Waals surface area contributed by atoms with Crippen molar-refractivity contribution in [2.75, 3.05) is 5.32 Å². The van der Waals surface area contributed by atoms with Crippen molar-refractivity contribution >= 4 is 27.3 Å². The summed E-state index contributed by atoms with van der Waals surface area (Å²) in [6, 6.07) is 10.5. The predicted molar refractivity (Wildman–Crippen MR) is 79.2 cm³/mol. The van der Waals surface area contributed by atoms with Gasteiger partial charge in [-0.3, -0.25) is 10.1 Å². The zero-order valence-electron chi connectivity index (χ0n) is 10.6. The molecule has 0 spiro atoms. The van der Waals surface area contributed by atoms with Crippen molar-refractivity contribution < 1.29 is 9.31 Å². The molecule has 1 N–H and O–H groups in total. The fraction of sp³-hybridized carbons (Fsp3) is 0.0714. The molecule has 106 valence electrons. The fourth-order valence-corrected chi connectivity index (χ4v) is 2.12. The third-order valence-corrected chi connectivity index (χ3v) is 3.30. The number of nitriles is 1. The molecule has 2 rings (SSSR count). The second-order valence-electron chi connectivity index (χ2n) is 4.19. The minimum atomic E-state index is -0.575. The summed E-state index contributed by atoms with van der Waals surface area (Å²) in [5.41, 5.74) is 0.789. The highest BCUT2D eigenvalue weighted by Gasteiger charge is 2.14. The van der Waals surface area contributed by atoms with Gasteiger partial charge in [0, 0.05) is 22.6 Å². The molecule has 0 aliphatic heterocycles. The Labute approximate surface area is 128 Å². The van der Waals surface area contributed by atoms with Crippen molar-refractivity contribution in [3.05, 3.63) is 67.9 Å². The van der Waals surface area contributed by atoms with Gasteiger partial charge in [0.15, 0.2) is 0 Å². The van der Waals surface area contributed by atoms with Crippen molar-refractivity contribution in [1.29, 1.82) is 5.26 Å². The smallest absolute Gasteiger partial charge is 0.275 e. The van der Waals surface area contributed by atoms with Gasteiger partial charge in [0.2, 0.25) is 0 Å². The molecule has 2 aromatic rings. The average Bonchev–Trinajstić information content (AvgIpc) is 2.46. The SMILES string of the molecule is N#Cc1ccc(NCc2ccc(Br)cc2[N+](=O)[O-])c(F)c1. The van der Waals surface area contributed by atoms with Gasteiger partial charge in [0.25, 0.3) is 5.69 Å². The van der Waals surface area contributed by atoms with E-state index in [-0.39, 0.29) is 23.5 Å². The summed E-state index contributed by atoms with van der Waals surface area (Å²) in [5, 5.41) is 22.4. The number of nitrogens with zero attached hydrogens (tertiary/aromatic N) is 2. The number of nitro groups is 1. The lowest BCUT2D eigenvalue weighted by Gasteiger charge is -2.08. The van der Waals surface area contributed by atoms with Gasteiger partial charge in [-0.25, -0.2) is 4.39 Å². The predicted octanol–water partition coefficient (Wildman–Crippen LogP) is 3.98. The van der Waals surface area contributed by atoms with Crippen LogP contribution in [0.25, 0.3) is 0 Å².